The van der Waals surface area contributed by atoms with Gasteiger partial charge in [-0.15, -0.1) is 0 Å². The molecule has 0 aliphatic carbocycles. The number of anilines is 1. The normalized spacial score (nSPS) is 25.5. The number of carboxylic acids is 1. The number of fused-ring (bicyclic) bond motifs is 1. The third kappa shape index (κ3) is 3.93. The van der Waals surface area contributed by atoms with Crippen LogP contribution < -0.4 is 4.90 Å². The molecule has 0 saturated carbocycles. The van der Waals surface area contributed by atoms with Gasteiger partial charge < -0.3 is 10.0 Å². The predicted octanol–water partition coefficient (Wildman–Crippen LogP) is 1.77. The molecular weight excluding hydrogens is 376 g/mol. The van der Waals surface area contributed by atoms with Crippen LogP contribution in [-0.2, 0) is 19.4 Å². The van der Waals surface area contributed by atoms with E-state index >= 15 is 0 Å². The number of hydrogen-bond donors (Lipinski definition) is 1. The van der Waals surface area contributed by atoms with Crippen LogP contribution in [0.4, 0.5) is 5.69 Å². The van der Waals surface area contributed by atoms with Gasteiger partial charge in [0.05, 0.1) is 24.0 Å². The Morgan fingerprint density at radius 1 is 1.23 bits per heavy atom. The number of aliphatic carboxylic acids is 1. The minimum Gasteiger partial charge on any atom is -0.481 e. The summed E-state index contributed by atoms with van der Waals surface area (Å²) in [4.78, 5) is 28.6. The number of hydrogen-bond acceptors (Lipinski definition) is 5. The number of carbonyl (C=O) groups is 2. The molecule has 0 radical (unpaired) electrons. The van der Waals surface area contributed by atoms with E-state index in [0.717, 1.165) is 16.8 Å². The molecule has 2 atom stereocenters. The van der Waals surface area contributed by atoms with E-state index in [4.69, 9.17) is 5.11 Å². The second kappa shape index (κ2) is 7.03. The number of carboxylic acid groups (broad SMARTS) is 1. The number of aryl methyl sites for hydroxylation is 2. The lowest BCUT2D eigenvalue weighted by Crippen LogP contribution is -2.37. The zero-order chi connectivity index (χ0) is 19.1. The Hall–Kier alpha value is -1.87. The number of rotatable bonds is 4. The van der Waals surface area contributed by atoms with Crippen LogP contribution in [0.25, 0.3) is 0 Å². The van der Waals surface area contributed by atoms with Gasteiger partial charge in [-0.25, -0.2) is 8.42 Å². The highest BCUT2D eigenvalue weighted by Gasteiger charge is 2.49. The Labute approximate surface area is 156 Å². The van der Waals surface area contributed by atoms with Crippen molar-refractivity contribution in [2.24, 2.45) is 4.99 Å². The summed E-state index contributed by atoms with van der Waals surface area (Å²) in [5, 5.41) is 8.99. The fourth-order valence-electron chi connectivity index (χ4n) is 3.12. The van der Waals surface area contributed by atoms with Gasteiger partial charge in [-0.2, -0.15) is 4.99 Å². The largest absolute Gasteiger partial charge is 0.481 e. The highest BCUT2D eigenvalue weighted by atomic mass is 32.2. The summed E-state index contributed by atoms with van der Waals surface area (Å²) in [6.07, 6.45) is -0.445. The molecule has 0 spiro atoms. The molecule has 7 nitrogen and oxygen atoms in total. The van der Waals surface area contributed by atoms with Gasteiger partial charge in [0, 0.05) is 17.4 Å². The smallest absolute Gasteiger partial charge is 0.303 e. The summed E-state index contributed by atoms with van der Waals surface area (Å²) < 4.78 is 24.1. The molecule has 3 rings (SSSR count). The summed E-state index contributed by atoms with van der Waals surface area (Å²) in [5.74, 6) is -1.47. The lowest BCUT2D eigenvalue weighted by molar-refractivity contribution is -0.138. The zero-order valence-corrected chi connectivity index (χ0v) is 16.1. The van der Waals surface area contributed by atoms with Crippen LogP contribution in [0.2, 0.25) is 0 Å². The second-order valence-corrected chi connectivity index (χ2v) is 9.98. The van der Waals surface area contributed by atoms with Crippen molar-refractivity contribution in [2.45, 2.75) is 38.0 Å². The standard InChI is InChI=1S/C17H20N2O5S2/c1-10-3-4-12(7-11(10)2)19-13-8-26(23,24)9-14(13)25-17(19)18-15(20)5-6-16(21)22/h3-4,7,13-14H,5-6,8-9H2,1-2H3,(H,21,22). The number of thioether (sulfide) groups is 1. The molecule has 26 heavy (non-hydrogen) atoms. The number of nitrogens with zero attached hydrogens (tertiary/aromatic N) is 2. The van der Waals surface area contributed by atoms with Gasteiger partial charge in [0.25, 0.3) is 0 Å². The molecular formula is C17H20N2O5S2. The highest BCUT2D eigenvalue weighted by molar-refractivity contribution is 8.16. The maximum atomic E-state index is 12.0. The van der Waals surface area contributed by atoms with Crippen molar-refractivity contribution in [2.75, 3.05) is 16.4 Å². The summed E-state index contributed by atoms with van der Waals surface area (Å²) >= 11 is 1.29. The third-order valence-corrected chi connectivity index (χ3v) is 7.82. The zero-order valence-electron chi connectivity index (χ0n) is 14.5. The van der Waals surface area contributed by atoms with E-state index in [9.17, 15) is 18.0 Å². The summed E-state index contributed by atoms with van der Waals surface area (Å²) in [6, 6.07) is 5.54. The summed E-state index contributed by atoms with van der Waals surface area (Å²) in [7, 11) is -3.12. The van der Waals surface area contributed by atoms with Crippen LogP contribution in [0.3, 0.4) is 0 Å². The number of amides is 1. The van der Waals surface area contributed by atoms with E-state index in [0.29, 0.717) is 5.17 Å². The van der Waals surface area contributed by atoms with Crippen molar-refractivity contribution in [3.05, 3.63) is 29.3 Å². The van der Waals surface area contributed by atoms with E-state index in [1.807, 2.05) is 36.9 Å². The van der Waals surface area contributed by atoms with Gasteiger partial charge in [-0.3, -0.25) is 9.59 Å². The molecule has 2 unspecified atom stereocenters. The number of benzene rings is 1. The fourth-order valence-corrected chi connectivity index (χ4v) is 7.05. The molecule has 1 N–H and O–H groups in total. The molecule has 2 fully saturated rings. The fraction of sp³-hybridized carbons (Fsp3) is 0.471. The quantitative estimate of drug-likeness (QED) is 0.827. The van der Waals surface area contributed by atoms with Crippen LogP contribution in [0.15, 0.2) is 23.2 Å². The first-order chi connectivity index (χ1) is 12.2. The summed E-state index contributed by atoms with van der Waals surface area (Å²) in [6.45, 7) is 3.96. The first kappa shape index (κ1) is 18.9. The lowest BCUT2D eigenvalue weighted by atomic mass is 10.1. The van der Waals surface area contributed by atoms with Gasteiger partial charge in [0.2, 0.25) is 5.91 Å². The molecule has 0 bridgehead atoms. The minimum atomic E-state index is -3.12. The number of amidine groups is 1. The monoisotopic (exact) mass is 396 g/mol. The molecule has 0 aromatic heterocycles. The van der Waals surface area contributed by atoms with Crippen LogP contribution >= 0.6 is 11.8 Å². The van der Waals surface area contributed by atoms with Gasteiger partial charge in [0.1, 0.15) is 0 Å². The lowest BCUT2D eigenvalue weighted by Gasteiger charge is -2.25. The first-order valence-corrected chi connectivity index (χ1v) is 10.9. The van der Waals surface area contributed by atoms with Gasteiger partial charge in [-0.05, 0) is 37.1 Å². The highest BCUT2D eigenvalue weighted by Crippen LogP contribution is 2.41. The Morgan fingerprint density at radius 3 is 2.62 bits per heavy atom. The summed E-state index contributed by atoms with van der Waals surface area (Å²) in [5.41, 5.74) is 2.98. The van der Waals surface area contributed by atoms with Crippen LogP contribution in [0, 0.1) is 13.8 Å². The van der Waals surface area contributed by atoms with Crippen molar-refractivity contribution in [3.63, 3.8) is 0 Å². The molecule has 9 heteroatoms. The average molecular weight is 396 g/mol. The Balaban J connectivity index is 1.94. The Kier molecular flexibility index (Phi) is 5.12. The number of sulfone groups is 1. The average Bonchev–Trinajstić information content (AvgIpc) is 2.99. The molecule has 1 aromatic carbocycles. The van der Waals surface area contributed by atoms with Crippen LogP contribution in [-0.4, -0.2) is 53.4 Å². The van der Waals surface area contributed by atoms with Crippen LogP contribution in [0.1, 0.15) is 24.0 Å². The van der Waals surface area contributed by atoms with Gasteiger partial charge >= 0.3 is 5.97 Å². The van der Waals surface area contributed by atoms with E-state index in [1.54, 1.807) is 0 Å². The van der Waals surface area contributed by atoms with E-state index in [1.165, 1.54) is 11.8 Å². The van der Waals surface area contributed by atoms with Crippen molar-refractivity contribution < 1.29 is 23.1 Å². The molecule has 140 valence electrons. The Bertz CT molecular complexity index is 894. The van der Waals surface area contributed by atoms with E-state index in [2.05, 4.69) is 4.99 Å². The molecule has 2 saturated heterocycles. The van der Waals surface area contributed by atoms with Gasteiger partial charge in [0.15, 0.2) is 15.0 Å². The molecule has 1 amide bonds. The van der Waals surface area contributed by atoms with Crippen molar-refractivity contribution >= 4 is 44.3 Å². The van der Waals surface area contributed by atoms with E-state index < -0.39 is 21.7 Å². The first-order valence-electron chi connectivity index (χ1n) is 8.23. The van der Waals surface area contributed by atoms with Gasteiger partial charge in [-0.1, -0.05) is 17.8 Å². The number of carbonyl (C=O) groups excluding carboxylic acids is 1. The molecule has 2 heterocycles. The Morgan fingerprint density at radius 2 is 1.96 bits per heavy atom. The second-order valence-electron chi connectivity index (χ2n) is 6.62. The van der Waals surface area contributed by atoms with Crippen LogP contribution in [0.5, 0.6) is 0 Å². The molecule has 1 aromatic rings. The minimum absolute atomic E-state index is 0.0277. The van der Waals surface area contributed by atoms with Crippen molar-refractivity contribution in [1.82, 2.24) is 0 Å². The van der Waals surface area contributed by atoms with Crippen molar-refractivity contribution in [1.29, 1.82) is 0 Å². The topological polar surface area (TPSA) is 104 Å². The molecule has 2 aliphatic rings. The SMILES string of the molecule is Cc1ccc(N2C(=NC(=O)CCC(=O)O)SC3CS(=O)(=O)CC32)cc1C. The maximum absolute atomic E-state index is 12.0. The molecule has 2 aliphatic heterocycles. The number of aliphatic imine (C=N–C) groups is 1. The third-order valence-electron chi connectivity index (χ3n) is 4.61. The maximum Gasteiger partial charge on any atom is 0.303 e. The van der Waals surface area contributed by atoms with E-state index in [-0.39, 0.29) is 35.6 Å². The van der Waals surface area contributed by atoms with Crippen molar-refractivity contribution in [3.8, 4) is 0 Å². The predicted molar refractivity (Wildman–Crippen MR) is 102 cm³/mol.